The molecule has 17 heavy (non-hydrogen) atoms. The molecule has 1 aromatic heterocycles. The lowest BCUT2D eigenvalue weighted by Gasteiger charge is -2.26. The minimum atomic E-state index is 0.472. The largest absolute Gasteiger partial charge is 0.310 e. The van der Waals surface area contributed by atoms with E-state index >= 15 is 0 Å². The molecule has 3 heteroatoms. The summed E-state index contributed by atoms with van der Waals surface area (Å²) in [6.07, 6.45) is 5.93. The van der Waals surface area contributed by atoms with Gasteiger partial charge in [0.05, 0.1) is 0 Å². The Bertz CT molecular complexity index is 358. The first kappa shape index (κ1) is 12.5. The van der Waals surface area contributed by atoms with Gasteiger partial charge in [0, 0.05) is 29.4 Å². The Morgan fingerprint density at radius 1 is 1.18 bits per heavy atom. The van der Waals surface area contributed by atoms with Crippen LogP contribution in [-0.2, 0) is 6.42 Å². The summed E-state index contributed by atoms with van der Waals surface area (Å²) in [5.41, 5.74) is 3.67. The number of nitrogens with zero attached hydrogens (tertiary/aromatic N) is 2. The number of nitrogens with one attached hydrogen (secondary N) is 1. The summed E-state index contributed by atoms with van der Waals surface area (Å²) in [4.78, 5) is 9.30. The molecule has 1 aromatic rings. The number of hydrogen-bond acceptors (Lipinski definition) is 3. The van der Waals surface area contributed by atoms with E-state index in [1.807, 2.05) is 0 Å². The molecule has 3 nitrogen and oxygen atoms in total. The van der Waals surface area contributed by atoms with Crippen LogP contribution in [0.2, 0.25) is 0 Å². The van der Waals surface area contributed by atoms with Crippen LogP contribution >= 0.6 is 0 Å². The predicted octanol–water partition coefficient (Wildman–Crippen LogP) is 2.86. The van der Waals surface area contributed by atoms with Gasteiger partial charge in [0.1, 0.15) is 5.82 Å². The first-order chi connectivity index (χ1) is 8.22. The lowest BCUT2D eigenvalue weighted by Crippen LogP contribution is -2.28. The normalized spacial score (nSPS) is 20.5. The molecule has 1 unspecified atom stereocenters. The van der Waals surface area contributed by atoms with E-state index in [9.17, 15) is 0 Å². The van der Waals surface area contributed by atoms with Gasteiger partial charge in [-0.2, -0.15) is 0 Å². The Morgan fingerprint density at radius 3 is 2.41 bits per heavy atom. The third-order valence-corrected chi connectivity index (χ3v) is 3.51. The van der Waals surface area contributed by atoms with E-state index in [-0.39, 0.29) is 0 Å². The van der Waals surface area contributed by atoms with Gasteiger partial charge in [-0.15, -0.1) is 0 Å². The van der Waals surface area contributed by atoms with Gasteiger partial charge in [-0.3, -0.25) is 0 Å². The quantitative estimate of drug-likeness (QED) is 0.872. The summed E-state index contributed by atoms with van der Waals surface area (Å²) in [6.45, 7) is 7.55. The van der Waals surface area contributed by atoms with Crippen molar-refractivity contribution < 1.29 is 0 Å². The molecule has 2 heterocycles. The molecule has 0 saturated carbocycles. The van der Waals surface area contributed by atoms with Crippen LogP contribution in [0, 0.1) is 13.8 Å². The zero-order valence-corrected chi connectivity index (χ0v) is 11.2. The summed E-state index contributed by atoms with van der Waals surface area (Å²) < 4.78 is 0. The molecule has 1 aliphatic rings. The number of rotatable bonds is 3. The van der Waals surface area contributed by atoms with Gasteiger partial charge < -0.3 is 5.32 Å². The minimum Gasteiger partial charge on any atom is -0.310 e. The number of hydrogen-bond donors (Lipinski definition) is 1. The molecule has 0 aromatic carbocycles. The maximum Gasteiger partial charge on any atom is 0.128 e. The van der Waals surface area contributed by atoms with Crippen LogP contribution < -0.4 is 5.32 Å². The average molecular weight is 233 g/mol. The Morgan fingerprint density at radius 2 is 1.88 bits per heavy atom. The highest BCUT2D eigenvalue weighted by atomic mass is 15.0. The summed E-state index contributed by atoms with van der Waals surface area (Å²) >= 11 is 0. The van der Waals surface area contributed by atoms with Gasteiger partial charge in [-0.25, -0.2) is 9.97 Å². The van der Waals surface area contributed by atoms with E-state index in [2.05, 4.69) is 36.1 Å². The molecule has 1 aliphatic heterocycles. The van der Waals surface area contributed by atoms with E-state index < -0.39 is 0 Å². The number of aryl methyl sites for hydroxylation is 3. The fourth-order valence-electron chi connectivity index (χ4n) is 2.73. The molecule has 0 spiro atoms. The maximum absolute atomic E-state index is 4.65. The molecule has 0 aliphatic carbocycles. The van der Waals surface area contributed by atoms with E-state index in [1.165, 1.54) is 36.2 Å². The second-order valence-electron chi connectivity index (χ2n) is 4.98. The van der Waals surface area contributed by atoms with Crippen molar-refractivity contribution in [1.82, 2.24) is 15.3 Å². The molecular formula is C14H23N3. The Balaban J connectivity index is 2.27. The molecule has 0 radical (unpaired) electrons. The van der Waals surface area contributed by atoms with Crippen LogP contribution in [0.5, 0.6) is 0 Å². The van der Waals surface area contributed by atoms with Crippen LogP contribution in [0.15, 0.2) is 0 Å². The fraction of sp³-hybridized carbons (Fsp3) is 0.714. The SMILES string of the molecule is CCCc1nc(C)c(C2CCCCN2)c(C)n1. The smallest absolute Gasteiger partial charge is 0.128 e. The maximum atomic E-state index is 4.65. The minimum absolute atomic E-state index is 0.472. The molecule has 1 saturated heterocycles. The molecule has 1 N–H and O–H groups in total. The summed E-state index contributed by atoms with van der Waals surface area (Å²) in [5, 5.41) is 3.59. The molecule has 2 rings (SSSR count). The van der Waals surface area contributed by atoms with Gasteiger partial charge in [-0.1, -0.05) is 13.3 Å². The Labute approximate surface area is 104 Å². The van der Waals surface area contributed by atoms with E-state index in [0.717, 1.165) is 25.2 Å². The molecular weight excluding hydrogens is 210 g/mol. The van der Waals surface area contributed by atoms with Crippen LogP contribution in [0.25, 0.3) is 0 Å². The lowest BCUT2D eigenvalue weighted by molar-refractivity contribution is 0.407. The van der Waals surface area contributed by atoms with Crippen LogP contribution in [-0.4, -0.2) is 16.5 Å². The van der Waals surface area contributed by atoms with Crippen LogP contribution in [0.4, 0.5) is 0 Å². The van der Waals surface area contributed by atoms with Crippen molar-refractivity contribution in [3.05, 3.63) is 22.8 Å². The zero-order valence-electron chi connectivity index (χ0n) is 11.2. The van der Waals surface area contributed by atoms with Crippen molar-refractivity contribution in [3.63, 3.8) is 0 Å². The van der Waals surface area contributed by atoms with Gasteiger partial charge in [0.25, 0.3) is 0 Å². The first-order valence-corrected chi connectivity index (χ1v) is 6.79. The lowest BCUT2D eigenvalue weighted by atomic mass is 9.95. The highest BCUT2D eigenvalue weighted by molar-refractivity contribution is 5.28. The average Bonchev–Trinajstić information content (AvgIpc) is 2.30. The van der Waals surface area contributed by atoms with Gasteiger partial charge >= 0.3 is 0 Å². The summed E-state index contributed by atoms with van der Waals surface area (Å²) in [7, 11) is 0. The van der Waals surface area contributed by atoms with E-state index in [1.54, 1.807) is 0 Å². The van der Waals surface area contributed by atoms with Gasteiger partial charge in [0.15, 0.2) is 0 Å². The third kappa shape index (κ3) is 2.83. The molecule has 94 valence electrons. The highest BCUT2D eigenvalue weighted by Gasteiger charge is 2.20. The second-order valence-corrected chi connectivity index (χ2v) is 4.98. The molecule has 1 atom stereocenters. The van der Waals surface area contributed by atoms with Crippen molar-refractivity contribution in [3.8, 4) is 0 Å². The summed E-state index contributed by atoms with van der Waals surface area (Å²) in [5.74, 6) is 1.00. The van der Waals surface area contributed by atoms with Crippen molar-refractivity contribution in [2.24, 2.45) is 0 Å². The van der Waals surface area contributed by atoms with Crippen LogP contribution in [0.3, 0.4) is 0 Å². The zero-order chi connectivity index (χ0) is 12.3. The van der Waals surface area contributed by atoms with Gasteiger partial charge in [0.2, 0.25) is 0 Å². The second kappa shape index (κ2) is 5.58. The third-order valence-electron chi connectivity index (χ3n) is 3.51. The Kier molecular flexibility index (Phi) is 4.11. The number of piperidine rings is 1. The Hall–Kier alpha value is -0.960. The standard InChI is InChI=1S/C14H23N3/c1-4-7-13-16-10(2)14(11(3)17-13)12-8-5-6-9-15-12/h12,15H,4-9H2,1-3H3. The predicted molar refractivity (Wildman–Crippen MR) is 70.1 cm³/mol. The van der Waals surface area contributed by atoms with Crippen LogP contribution in [0.1, 0.15) is 61.4 Å². The molecule has 0 amide bonds. The monoisotopic (exact) mass is 233 g/mol. The van der Waals surface area contributed by atoms with E-state index in [4.69, 9.17) is 0 Å². The van der Waals surface area contributed by atoms with Crippen molar-refractivity contribution >= 4 is 0 Å². The topological polar surface area (TPSA) is 37.8 Å². The molecule has 1 fully saturated rings. The number of aromatic nitrogens is 2. The van der Waals surface area contributed by atoms with Gasteiger partial charge in [-0.05, 0) is 39.7 Å². The molecule has 0 bridgehead atoms. The van der Waals surface area contributed by atoms with E-state index in [0.29, 0.717) is 6.04 Å². The van der Waals surface area contributed by atoms with Crippen molar-refractivity contribution in [1.29, 1.82) is 0 Å². The summed E-state index contributed by atoms with van der Waals surface area (Å²) in [6, 6.07) is 0.472. The highest BCUT2D eigenvalue weighted by Crippen LogP contribution is 2.26. The van der Waals surface area contributed by atoms with Crippen molar-refractivity contribution in [2.75, 3.05) is 6.54 Å². The first-order valence-electron chi connectivity index (χ1n) is 6.79. The van der Waals surface area contributed by atoms with Crippen molar-refractivity contribution in [2.45, 2.75) is 58.9 Å². The fourth-order valence-corrected chi connectivity index (χ4v) is 2.73.